The average molecular weight is 826 g/mol. The van der Waals surface area contributed by atoms with Gasteiger partial charge in [0.1, 0.15) is 26.2 Å². The molecular weight excluding hydrogens is 783 g/mol. The number of thioether (sulfide) groups is 1. The number of carbonyl (C=O) groups excluding carboxylic acids is 1. The van der Waals surface area contributed by atoms with Gasteiger partial charge in [0.05, 0.1) is 11.1 Å². The molecule has 11 heteroatoms. The third-order valence-electron chi connectivity index (χ3n) is 11.7. The average Bonchev–Trinajstić information content (AvgIpc) is 4.02. The summed E-state index contributed by atoms with van der Waals surface area (Å²) in [4.78, 5) is 43.1. The highest BCUT2D eigenvalue weighted by Gasteiger charge is 2.42. The Bertz CT molecular complexity index is 2710. The predicted octanol–water partition coefficient (Wildman–Crippen LogP) is 8.74. The van der Waals surface area contributed by atoms with E-state index in [0.717, 1.165) is 78.0 Å². The maximum Gasteiger partial charge on any atom is 0.323 e. The number of ether oxygens (including phenoxy) is 1. The summed E-state index contributed by atoms with van der Waals surface area (Å²) in [5.41, 5.74) is 11.3. The van der Waals surface area contributed by atoms with Crippen LogP contribution in [0.15, 0.2) is 89.7 Å². The van der Waals surface area contributed by atoms with Crippen molar-refractivity contribution in [3.8, 4) is 16.9 Å². The normalized spacial score (nSPS) is 19.9. The van der Waals surface area contributed by atoms with Crippen LogP contribution < -0.4 is 24.4 Å². The smallest absolute Gasteiger partial charge is 0.323 e. The van der Waals surface area contributed by atoms with Crippen LogP contribution in [0.2, 0.25) is 0 Å². The Morgan fingerprint density at radius 1 is 0.897 bits per heavy atom. The van der Waals surface area contributed by atoms with E-state index < -0.39 is 18.1 Å². The Morgan fingerprint density at radius 2 is 1.67 bits per heavy atom. The number of benzene rings is 4. The molecule has 3 heterocycles. The number of hydrogen-bond donors (Lipinski definition) is 1. The third kappa shape index (κ3) is 6.82. The fourth-order valence-corrected chi connectivity index (χ4v) is 11.6. The first-order valence-corrected chi connectivity index (χ1v) is 22.1. The van der Waals surface area contributed by atoms with Gasteiger partial charge in [-0.05, 0) is 119 Å². The first-order chi connectivity index (χ1) is 28.2. The number of amides is 1. The highest BCUT2D eigenvalue weighted by molar-refractivity contribution is 8.30. The molecule has 2 aliphatic carbocycles. The van der Waals surface area contributed by atoms with Gasteiger partial charge < -0.3 is 14.7 Å². The molecule has 9 rings (SSSR count). The molecule has 2 unspecified atom stereocenters. The lowest BCUT2D eigenvalue weighted by Gasteiger charge is -2.28. The zero-order valence-corrected chi connectivity index (χ0v) is 34.9. The number of unbranched alkanes of at least 4 members (excludes halogenated alkanes) is 2. The highest BCUT2D eigenvalue weighted by Crippen LogP contribution is 2.54. The van der Waals surface area contributed by atoms with E-state index >= 15 is 0 Å². The number of fused-ring (bicyclic) bond motifs is 6. The number of thiazole rings is 1. The van der Waals surface area contributed by atoms with Crippen molar-refractivity contribution >= 4 is 85.5 Å². The van der Waals surface area contributed by atoms with E-state index in [-0.39, 0.29) is 5.91 Å². The minimum absolute atomic E-state index is 0.296. The fraction of sp³-hybridized carbons (Fsp3) is 0.277. The van der Waals surface area contributed by atoms with E-state index in [1.807, 2.05) is 19.1 Å². The number of carboxylic acid groups (broad SMARTS) is 1. The minimum Gasteiger partial charge on any atom is -0.494 e. The lowest BCUT2D eigenvalue weighted by Crippen LogP contribution is -2.35. The Kier molecular flexibility index (Phi) is 10.5. The monoisotopic (exact) mass is 825 g/mol. The molecule has 294 valence electrons. The van der Waals surface area contributed by atoms with E-state index in [2.05, 4.69) is 96.8 Å². The van der Waals surface area contributed by atoms with Crippen LogP contribution in [-0.4, -0.2) is 50.0 Å². The van der Waals surface area contributed by atoms with Gasteiger partial charge in [0.15, 0.2) is 0 Å². The number of nitrogens with zero attached hydrogens (tertiary/aromatic N) is 3. The predicted molar refractivity (Wildman–Crippen MR) is 239 cm³/mol. The lowest BCUT2D eigenvalue weighted by molar-refractivity contribution is -0.137. The second-order valence-corrected chi connectivity index (χ2v) is 17.9. The topological polar surface area (TPSA) is 92.1 Å². The van der Waals surface area contributed by atoms with Crippen LogP contribution in [-0.2, 0) is 16.1 Å². The number of carbonyl (C=O) groups is 2. The molecule has 1 saturated carbocycles. The Balaban J connectivity index is 1.08. The summed E-state index contributed by atoms with van der Waals surface area (Å²) in [5, 5.41) is 9.69. The summed E-state index contributed by atoms with van der Waals surface area (Å²) in [6.07, 6.45) is 10.8. The van der Waals surface area contributed by atoms with Crippen LogP contribution in [0, 0.1) is 0 Å². The molecule has 0 radical (unpaired) electrons. The summed E-state index contributed by atoms with van der Waals surface area (Å²) >= 11 is 7.68. The fourth-order valence-electron chi connectivity index (χ4n) is 8.98. The zero-order valence-electron chi connectivity index (χ0n) is 32.4. The summed E-state index contributed by atoms with van der Waals surface area (Å²) in [6.45, 7) is 4.63. The summed E-state index contributed by atoms with van der Waals surface area (Å²) in [5.74, 6) is -0.211. The standard InChI is InChI=1S/C47H43N3O5S3/c1-3-5-8-22-55-31-18-14-28(15-19-31)23-36-33-11-7-6-10-32(33)34-20-17-30(26-37(34)36)50-39-13-9-12-35(39)38-24-29(16-21-40(38)50)25-41-44(53)49(27-42(51)52)46(57-41)43-45(54)48(4-2)47(56)58-43/h6-7,10-11,14-21,23-26,35,39H,3-5,8-9,12-13,22,27H2,1-2H3,(H,51,52)/b36-23+,41-25-,46-43+. The highest BCUT2D eigenvalue weighted by atomic mass is 32.2. The molecule has 2 aliphatic heterocycles. The first-order valence-electron chi connectivity index (χ1n) is 20.1. The second-order valence-electron chi connectivity index (χ2n) is 15.2. The van der Waals surface area contributed by atoms with Gasteiger partial charge >= 0.3 is 5.97 Å². The number of anilines is 2. The zero-order chi connectivity index (χ0) is 40.1. The van der Waals surface area contributed by atoms with Crippen LogP contribution in [0.5, 0.6) is 5.75 Å². The van der Waals surface area contributed by atoms with Gasteiger partial charge in [0.2, 0.25) is 0 Å². The van der Waals surface area contributed by atoms with Crippen LogP contribution in [0.4, 0.5) is 11.4 Å². The van der Waals surface area contributed by atoms with Crippen molar-refractivity contribution in [3.05, 3.63) is 132 Å². The molecule has 1 saturated heterocycles. The lowest BCUT2D eigenvalue weighted by atomic mass is 9.96. The maximum atomic E-state index is 13.7. The van der Waals surface area contributed by atoms with Crippen molar-refractivity contribution in [1.82, 2.24) is 9.47 Å². The van der Waals surface area contributed by atoms with Gasteiger partial charge in [-0.3, -0.25) is 23.9 Å². The van der Waals surface area contributed by atoms with E-state index in [4.69, 9.17) is 17.0 Å². The quantitative estimate of drug-likeness (QED) is 0.103. The molecule has 8 nitrogen and oxygen atoms in total. The molecule has 4 aliphatic rings. The van der Waals surface area contributed by atoms with E-state index in [0.29, 0.717) is 36.9 Å². The molecule has 2 fully saturated rings. The number of hydrogen-bond acceptors (Lipinski definition) is 8. The van der Waals surface area contributed by atoms with E-state index in [1.165, 1.54) is 61.4 Å². The number of carboxylic acids is 1. The third-order valence-corrected chi connectivity index (χ3v) is 14.4. The summed E-state index contributed by atoms with van der Waals surface area (Å²) in [6, 6.07) is 30.7. The van der Waals surface area contributed by atoms with Crippen LogP contribution in [0.1, 0.15) is 86.1 Å². The molecule has 1 aromatic heterocycles. The Morgan fingerprint density at radius 3 is 2.43 bits per heavy atom. The molecule has 2 atom stereocenters. The van der Waals surface area contributed by atoms with E-state index in [1.54, 1.807) is 0 Å². The van der Waals surface area contributed by atoms with Crippen LogP contribution >= 0.6 is 35.3 Å². The Hall–Kier alpha value is -5.23. The van der Waals surface area contributed by atoms with Crippen LogP contribution in [0.25, 0.3) is 33.8 Å². The van der Waals surface area contributed by atoms with Gasteiger partial charge in [0.25, 0.3) is 11.5 Å². The van der Waals surface area contributed by atoms with Crippen molar-refractivity contribution < 1.29 is 19.4 Å². The molecule has 1 amide bonds. The van der Waals surface area contributed by atoms with Crippen molar-refractivity contribution in [2.75, 3.05) is 18.1 Å². The largest absolute Gasteiger partial charge is 0.494 e. The van der Waals surface area contributed by atoms with Gasteiger partial charge in [-0.1, -0.05) is 98.7 Å². The maximum absolute atomic E-state index is 13.7. The molecule has 0 spiro atoms. The van der Waals surface area contributed by atoms with Gasteiger partial charge in [-0.15, -0.1) is 11.3 Å². The number of thiocarbonyl (C=S) groups is 1. The molecule has 4 aromatic carbocycles. The van der Waals surface area contributed by atoms with Crippen molar-refractivity contribution in [2.24, 2.45) is 0 Å². The Labute approximate surface area is 350 Å². The molecule has 58 heavy (non-hydrogen) atoms. The van der Waals surface area contributed by atoms with Crippen molar-refractivity contribution in [2.45, 2.75) is 70.9 Å². The molecule has 5 aromatic rings. The molecule has 1 N–H and O–H groups in total. The van der Waals surface area contributed by atoms with Crippen LogP contribution in [0.3, 0.4) is 0 Å². The number of rotatable bonds is 11. The molecule has 0 bridgehead atoms. The van der Waals surface area contributed by atoms with E-state index in [9.17, 15) is 19.5 Å². The minimum atomic E-state index is -1.15. The summed E-state index contributed by atoms with van der Waals surface area (Å²) in [7, 11) is 0. The van der Waals surface area contributed by atoms with Crippen molar-refractivity contribution in [1.29, 1.82) is 0 Å². The number of aromatic nitrogens is 1. The SMILES string of the molecule is CCCCCOc1ccc(/C=C2\c3ccccc3-c3ccc(N4c5ccc(/C=c6\s/c(=C7/SC(=S)N(CC)C7=O)n(CC(=O)O)c6=O)cc5C5CCCC54)cc32)cc1. The summed E-state index contributed by atoms with van der Waals surface area (Å²) < 4.78 is 8.29. The number of aliphatic carboxylic acids is 1. The van der Waals surface area contributed by atoms with Gasteiger partial charge in [-0.25, -0.2) is 0 Å². The van der Waals surface area contributed by atoms with Gasteiger partial charge in [0, 0.05) is 29.9 Å². The molecular formula is C47H43N3O5S3. The first kappa shape index (κ1) is 38.3. The van der Waals surface area contributed by atoms with Gasteiger partial charge in [-0.2, -0.15) is 0 Å². The van der Waals surface area contributed by atoms with Crippen molar-refractivity contribution in [3.63, 3.8) is 0 Å². The second kappa shape index (κ2) is 15.8.